The van der Waals surface area contributed by atoms with E-state index in [2.05, 4.69) is 33.9 Å². The number of aliphatic hydroxyl groups is 1. The predicted octanol–water partition coefficient (Wildman–Crippen LogP) is 5.36. The van der Waals surface area contributed by atoms with Gasteiger partial charge in [0.1, 0.15) is 16.9 Å². The first-order valence-electron chi connectivity index (χ1n) is 22.3. The molecular weight excluding hydrogens is 863 g/mol. The average Bonchev–Trinajstić information content (AvgIpc) is 3.93. The van der Waals surface area contributed by atoms with Crippen molar-refractivity contribution in [3.63, 3.8) is 0 Å². The third kappa shape index (κ3) is 6.25. The minimum absolute atomic E-state index is 0.0489. The smallest absolute Gasteiger partial charge is 0.344 e. The molecule has 1 aromatic carbocycles. The van der Waals surface area contributed by atoms with Crippen LogP contribution in [0.25, 0.3) is 10.9 Å². The number of hydrogen-bond donors (Lipinski definition) is 2. The minimum atomic E-state index is -2.32. The van der Waals surface area contributed by atoms with E-state index < -0.39 is 74.7 Å². The number of alkyl halides is 2. The molecular formula is C48H58Cl2N4O10. The number of carbonyl (C=O) groups is 4. The molecule has 6 heterocycles. The molecule has 1 saturated carbocycles. The second kappa shape index (κ2) is 16.3. The number of halogens is 2. The molecule has 3 unspecified atom stereocenters. The molecule has 1 aromatic heterocycles. The van der Waals surface area contributed by atoms with E-state index in [9.17, 15) is 19.5 Å². The quantitative estimate of drug-likeness (QED) is 0.136. The summed E-state index contributed by atoms with van der Waals surface area (Å²) in [4.78, 5) is 65.9. The van der Waals surface area contributed by atoms with Crippen molar-refractivity contribution in [1.29, 1.82) is 0 Å². The van der Waals surface area contributed by atoms with Crippen LogP contribution in [0.5, 0.6) is 0 Å². The standard InChI is InChI=1S/C48H58Cl2N4O10/c1-8-27-17-28-21-47(43(57)61-6,38-31(24-53(22-27)23-28)30-18-29(11-12-34(30)51-38)39(56)63-25-37(49)50)33-19-32-35(20-36(33)60-5)52(4)41-46(32)14-16-54-15-10-13-45(9-2,40(46)54)42(64-26(3)55)48(41,59)44(58)62-7/h10-13,17-20,28,33,36-37,40-42,51,59H,8-9,14-16,21-25H2,1-7H3/t28-,33?,36?,40+,41-,42-,45-,46-,47+,48+/m1/s1. The number of allylic oxidation sites excluding steroid dienone is 1. The third-order valence-electron chi connectivity index (χ3n) is 15.8. The highest BCUT2D eigenvalue weighted by Gasteiger charge is 2.81. The van der Waals surface area contributed by atoms with Crippen molar-refractivity contribution in [2.45, 2.75) is 93.1 Å². The summed E-state index contributed by atoms with van der Waals surface area (Å²) in [5, 5.41) is 14.1. The summed E-state index contributed by atoms with van der Waals surface area (Å²) in [6, 6.07) is 4.06. The molecule has 2 saturated heterocycles. The number of aromatic nitrogens is 1. The van der Waals surface area contributed by atoms with Crippen molar-refractivity contribution in [2.75, 3.05) is 61.2 Å². The van der Waals surface area contributed by atoms with Gasteiger partial charge in [0.25, 0.3) is 0 Å². The van der Waals surface area contributed by atoms with Gasteiger partial charge in [-0.2, -0.15) is 0 Å². The van der Waals surface area contributed by atoms with Gasteiger partial charge in [0, 0.05) is 92.3 Å². The molecule has 5 aliphatic heterocycles. The van der Waals surface area contributed by atoms with Crippen molar-refractivity contribution in [3.8, 4) is 0 Å². The Morgan fingerprint density at radius 3 is 2.45 bits per heavy atom. The van der Waals surface area contributed by atoms with E-state index in [1.54, 1.807) is 19.2 Å². The Labute approximate surface area is 383 Å². The van der Waals surface area contributed by atoms with Crippen LogP contribution in [-0.2, 0) is 50.0 Å². The van der Waals surface area contributed by atoms with Crippen LogP contribution in [0.1, 0.15) is 68.1 Å². The Kier molecular flexibility index (Phi) is 11.5. The molecule has 7 aliphatic rings. The molecule has 9 rings (SSSR count). The first-order valence-corrected chi connectivity index (χ1v) is 23.2. The van der Waals surface area contributed by atoms with Crippen LogP contribution in [0.2, 0.25) is 0 Å². The van der Waals surface area contributed by atoms with Gasteiger partial charge in [0.05, 0.1) is 31.9 Å². The zero-order valence-electron chi connectivity index (χ0n) is 37.5. The lowest BCUT2D eigenvalue weighted by Gasteiger charge is -2.63. The number of nitrogens with one attached hydrogen (secondary N) is 1. The number of methoxy groups -OCH3 is 3. The molecule has 2 aliphatic carbocycles. The van der Waals surface area contributed by atoms with E-state index in [-0.39, 0.29) is 18.6 Å². The van der Waals surface area contributed by atoms with Gasteiger partial charge in [-0.15, -0.1) is 23.2 Å². The topological polar surface area (TPSA) is 160 Å². The highest BCUT2D eigenvalue weighted by molar-refractivity contribution is 6.44. The zero-order chi connectivity index (χ0) is 45.7. The molecule has 11 atom stereocenters. The number of nitrogens with zero attached hydrogens (tertiary/aromatic N) is 3. The van der Waals surface area contributed by atoms with Crippen molar-refractivity contribution >= 4 is 58.0 Å². The number of aromatic amines is 1. The number of H-pyrrole nitrogens is 1. The van der Waals surface area contributed by atoms with Gasteiger partial charge < -0.3 is 38.7 Å². The van der Waals surface area contributed by atoms with Crippen LogP contribution in [-0.4, -0.2) is 145 Å². The maximum atomic E-state index is 15.4. The summed E-state index contributed by atoms with van der Waals surface area (Å²) < 4.78 is 29.5. The van der Waals surface area contributed by atoms with E-state index in [0.717, 1.165) is 40.7 Å². The summed E-state index contributed by atoms with van der Waals surface area (Å²) in [6.07, 6.45) is 10.8. The van der Waals surface area contributed by atoms with Gasteiger partial charge in [0.2, 0.25) is 5.60 Å². The maximum Gasteiger partial charge on any atom is 0.344 e. The normalized spacial score (nSPS) is 36.1. The number of carbonyl (C=O) groups excluding carboxylic acids is 4. The Hall–Kier alpha value is -4.18. The zero-order valence-corrected chi connectivity index (χ0v) is 39.0. The molecule has 3 fully saturated rings. The van der Waals surface area contributed by atoms with Crippen molar-refractivity contribution in [3.05, 3.63) is 82.2 Å². The number of fused-ring (bicyclic) bond motifs is 6. The molecule has 0 radical (unpaired) electrons. The second-order valence-electron chi connectivity index (χ2n) is 18.7. The van der Waals surface area contributed by atoms with E-state index in [0.29, 0.717) is 56.7 Å². The van der Waals surface area contributed by atoms with Crippen LogP contribution in [0.4, 0.5) is 0 Å². The lowest BCUT2D eigenvalue weighted by atomic mass is 9.47. The second-order valence-corrected chi connectivity index (χ2v) is 20.0. The Morgan fingerprint density at radius 2 is 1.78 bits per heavy atom. The summed E-state index contributed by atoms with van der Waals surface area (Å²) in [5.74, 6) is -3.25. The minimum Gasteiger partial charge on any atom is -0.468 e. The van der Waals surface area contributed by atoms with E-state index in [1.807, 2.05) is 43.2 Å². The van der Waals surface area contributed by atoms with Crippen LogP contribution >= 0.6 is 23.2 Å². The van der Waals surface area contributed by atoms with Crippen LogP contribution in [0, 0.1) is 22.7 Å². The lowest BCUT2D eigenvalue weighted by molar-refractivity contribution is -0.243. The highest BCUT2D eigenvalue weighted by atomic mass is 35.5. The molecule has 2 N–H and O–H groups in total. The molecule has 0 amide bonds. The van der Waals surface area contributed by atoms with Gasteiger partial charge in [-0.05, 0) is 73.6 Å². The Balaban J connectivity index is 1.31. The third-order valence-corrected chi connectivity index (χ3v) is 16.1. The molecule has 2 bridgehead atoms. The van der Waals surface area contributed by atoms with E-state index >= 15 is 4.79 Å². The summed E-state index contributed by atoms with van der Waals surface area (Å²) in [7, 11) is 6.16. The average molecular weight is 922 g/mol. The number of rotatable bonds is 10. The first-order chi connectivity index (χ1) is 30.6. The summed E-state index contributed by atoms with van der Waals surface area (Å²) in [5.41, 5.74) is -0.127. The van der Waals surface area contributed by atoms with E-state index in [4.69, 9.17) is 46.9 Å². The highest BCUT2D eigenvalue weighted by Crippen LogP contribution is 2.70. The number of ether oxygens (including phenoxy) is 5. The molecule has 2 aromatic rings. The molecule has 64 heavy (non-hydrogen) atoms. The monoisotopic (exact) mass is 920 g/mol. The molecule has 1 spiro atoms. The first kappa shape index (κ1) is 45.0. The van der Waals surface area contributed by atoms with E-state index in [1.165, 1.54) is 26.7 Å². The van der Waals surface area contributed by atoms with Crippen molar-refractivity contribution in [2.24, 2.45) is 22.7 Å². The van der Waals surface area contributed by atoms with Crippen molar-refractivity contribution in [1.82, 2.24) is 19.7 Å². The number of likely N-dealkylation sites (N-methyl/N-ethyl adjacent to an activating group) is 1. The molecule has 14 nitrogen and oxygen atoms in total. The van der Waals surface area contributed by atoms with Crippen LogP contribution in [0.3, 0.4) is 0 Å². The number of esters is 4. The SMILES string of the molecule is CCC1=C[C@H]2CN(C1)Cc1c([nH]c3ccc(C(=O)OCC(Cl)Cl)cc13)[C@@](C(=O)OC)(C1C=C3C(=CC1OC)N(C)[C@H]1[C@@](O)(C(=O)OC)[C@H](OC(C)=O)[C@]4(CC)C=CCN5CC[C@]31[C@@H]54)C2. The van der Waals surface area contributed by atoms with Gasteiger partial charge in [-0.3, -0.25) is 19.4 Å². The fraction of sp³-hybridized carbons (Fsp3) is 0.583. The predicted molar refractivity (Wildman–Crippen MR) is 238 cm³/mol. The summed E-state index contributed by atoms with van der Waals surface area (Å²) >= 11 is 11.8. The van der Waals surface area contributed by atoms with Gasteiger partial charge >= 0.3 is 23.9 Å². The van der Waals surface area contributed by atoms with Gasteiger partial charge in [0.15, 0.2) is 6.10 Å². The van der Waals surface area contributed by atoms with Gasteiger partial charge in [-0.25, -0.2) is 9.59 Å². The lowest BCUT2D eigenvalue weighted by Crippen LogP contribution is -2.79. The molecule has 16 heteroatoms. The Morgan fingerprint density at radius 1 is 1.02 bits per heavy atom. The summed E-state index contributed by atoms with van der Waals surface area (Å²) in [6.45, 7) is 8.48. The van der Waals surface area contributed by atoms with Crippen LogP contribution in [0.15, 0.2) is 65.4 Å². The Bertz CT molecular complexity index is 2410. The van der Waals surface area contributed by atoms with Gasteiger partial charge in [-0.1, -0.05) is 43.7 Å². The number of hydrogen-bond acceptors (Lipinski definition) is 13. The van der Waals surface area contributed by atoms with Crippen molar-refractivity contribution < 1.29 is 48.0 Å². The number of likely N-dealkylation sites (tertiary alicyclic amines) is 1. The fourth-order valence-corrected chi connectivity index (χ4v) is 13.8. The van der Waals surface area contributed by atoms with Crippen LogP contribution < -0.4 is 0 Å². The molecule has 344 valence electrons. The fourth-order valence-electron chi connectivity index (χ4n) is 13.7. The number of benzene rings is 1. The largest absolute Gasteiger partial charge is 0.468 e. The maximum absolute atomic E-state index is 15.4.